The van der Waals surface area contributed by atoms with E-state index >= 15 is 0 Å². The second-order valence-corrected chi connectivity index (χ2v) is 12.2. The van der Waals surface area contributed by atoms with Crippen LogP contribution in [0.1, 0.15) is 46.3 Å². The Hall–Kier alpha value is -3.43. The van der Waals surface area contributed by atoms with Gasteiger partial charge in [0.15, 0.2) is 5.13 Å². The van der Waals surface area contributed by atoms with E-state index in [2.05, 4.69) is 23.3 Å². The highest BCUT2D eigenvalue weighted by atomic mass is 32.1. The highest BCUT2D eigenvalue weighted by Crippen LogP contribution is 2.44. The van der Waals surface area contributed by atoms with Gasteiger partial charge < -0.3 is 24.4 Å². The Morgan fingerprint density at radius 3 is 2.56 bits per heavy atom. The molecule has 8 nitrogen and oxygen atoms in total. The number of hydrogen-bond donors (Lipinski definition) is 1. The lowest BCUT2D eigenvalue weighted by molar-refractivity contribution is -0.144. The van der Waals surface area contributed by atoms with Gasteiger partial charge in [-0.3, -0.25) is 9.59 Å². The lowest BCUT2D eigenvalue weighted by atomic mass is 9.85. The van der Waals surface area contributed by atoms with E-state index in [1.165, 1.54) is 0 Å². The summed E-state index contributed by atoms with van der Waals surface area (Å²) in [5, 5.41) is 12.7. The van der Waals surface area contributed by atoms with E-state index in [0.29, 0.717) is 25.3 Å². The van der Waals surface area contributed by atoms with Gasteiger partial charge in [-0.1, -0.05) is 17.7 Å². The number of aliphatic carboxylic acids is 1. The summed E-state index contributed by atoms with van der Waals surface area (Å²) in [4.78, 5) is 33.6. The number of carboxylic acid groups (broad SMARTS) is 1. The molecule has 1 saturated heterocycles. The Morgan fingerprint density at radius 2 is 1.88 bits per heavy atom. The summed E-state index contributed by atoms with van der Waals surface area (Å²) in [6.07, 6.45) is 2.75. The van der Waals surface area contributed by atoms with Gasteiger partial charge in [0.1, 0.15) is 12.4 Å². The van der Waals surface area contributed by atoms with Crippen molar-refractivity contribution in [3.05, 3.63) is 64.0 Å². The number of methoxy groups -OCH3 is 1. The standard InChI is InChI=1S/C32H39N3O5S/c1-20-6-11-28(40-18-25-10-7-22(15-21(25)2)30(36)34(3)12-5-13-39-4)26(14-20)27-19-41-32(33-27)35-16-23-8-9-24(17-35)29(23)31(37)38/h6-7,10-11,14-15,19,23-24,29H,5,8-9,12-13,16-18H2,1-4H3,(H,37,38)/t23-,24?,29?/m0/s1. The van der Waals surface area contributed by atoms with Gasteiger partial charge in [0, 0.05) is 56.9 Å². The quantitative estimate of drug-likeness (QED) is 0.294. The van der Waals surface area contributed by atoms with Crippen LogP contribution in [-0.2, 0) is 16.1 Å². The van der Waals surface area contributed by atoms with Crippen LogP contribution in [0.15, 0.2) is 41.8 Å². The van der Waals surface area contributed by atoms with Gasteiger partial charge in [0.05, 0.1) is 11.6 Å². The Morgan fingerprint density at radius 1 is 1.12 bits per heavy atom. The van der Waals surface area contributed by atoms with Crippen LogP contribution in [-0.4, -0.2) is 67.3 Å². The summed E-state index contributed by atoms with van der Waals surface area (Å²) < 4.78 is 11.4. The fourth-order valence-corrected chi connectivity index (χ4v) is 7.05. The first-order valence-corrected chi connectivity index (χ1v) is 15.1. The lowest BCUT2D eigenvalue weighted by Crippen LogP contribution is -2.44. The van der Waals surface area contributed by atoms with Crippen LogP contribution in [0.5, 0.6) is 5.75 Å². The molecule has 2 fully saturated rings. The van der Waals surface area contributed by atoms with Crippen LogP contribution >= 0.6 is 11.3 Å². The van der Waals surface area contributed by atoms with E-state index in [-0.39, 0.29) is 23.7 Å². The largest absolute Gasteiger partial charge is 0.488 e. The zero-order chi connectivity index (χ0) is 29.1. The van der Waals surface area contributed by atoms with Crippen LogP contribution in [0.25, 0.3) is 11.3 Å². The molecule has 9 heteroatoms. The number of thiazole rings is 1. The minimum Gasteiger partial charge on any atom is -0.488 e. The van der Waals surface area contributed by atoms with E-state index in [9.17, 15) is 14.7 Å². The number of carbonyl (C=O) groups excluding carboxylic acids is 1. The average Bonchev–Trinajstić information content (AvgIpc) is 3.55. The number of fused-ring (bicyclic) bond motifs is 2. The van der Waals surface area contributed by atoms with Crippen molar-refractivity contribution in [3.8, 4) is 17.0 Å². The average molecular weight is 578 g/mol. The number of carboxylic acids is 1. The molecule has 1 aliphatic carbocycles. The number of benzene rings is 2. The Kier molecular flexibility index (Phi) is 8.94. The smallest absolute Gasteiger partial charge is 0.307 e. The summed E-state index contributed by atoms with van der Waals surface area (Å²) in [6, 6.07) is 11.9. The first-order valence-electron chi connectivity index (χ1n) is 14.3. The molecule has 2 aromatic carbocycles. The van der Waals surface area contributed by atoms with Crippen LogP contribution in [0.2, 0.25) is 0 Å². The minimum atomic E-state index is -0.653. The van der Waals surface area contributed by atoms with E-state index in [0.717, 1.165) is 71.2 Å². The molecule has 218 valence electrons. The summed E-state index contributed by atoms with van der Waals surface area (Å²) in [7, 11) is 3.48. The van der Waals surface area contributed by atoms with Crippen molar-refractivity contribution in [2.45, 2.75) is 39.7 Å². The van der Waals surface area contributed by atoms with Crippen molar-refractivity contribution in [1.29, 1.82) is 0 Å². The number of aryl methyl sites for hydroxylation is 2. The van der Waals surface area contributed by atoms with Gasteiger partial charge in [-0.05, 0) is 80.3 Å². The topological polar surface area (TPSA) is 92.2 Å². The number of piperidine rings is 1. The van der Waals surface area contributed by atoms with Crippen molar-refractivity contribution in [2.24, 2.45) is 17.8 Å². The van der Waals surface area contributed by atoms with E-state index in [1.807, 2.05) is 44.3 Å². The van der Waals surface area contributed by atoms with Crippen molar-refractivity contribution < 1.29 is 24.2 Å². The molecule has 1 amide bonds. The van der Waals surface area contributed by atoms with Crippen molar-refractivity contribution in [2.75, 3.05) is 45.3 Å². The molecule has 1 aromatic heterocycles. The predicted octanol–water partition coefficient (Wildman–Crippen LogP) is 5.66. The Balaban J connectivity index is 1.27. The summed E-state index contributed by atoms with van der Waals surface area (Å²) in [5.74, 6) is 0.265. The fourth-order valence-electron chi connectivity index (χ4n) is 6.20. The normalized spacial score (nSPS) is 19.8. The number of amides is 1. The van der Waals surface area contributed by atoms with Crippen LogP contribution in [0, 0.1) is 31.6 Å². The van der Waals surface area contributed by atoms with Crippen LogP contribution in [0.3, 0.4) is 0 Å². The molecular formula is C32H39N3O5S. The van der Waals surface area contributed by atoms with Crippen LogP contribution < -0.4 is 9.64 Å². The summed E-state index contributed by atoms with van der Waals surface area (Å²) >= 11 is 1.61. The van der Waals surface area contributed by atoms with Crippen molar-refractivity contribution in [1.82, 2.24) is 9.88 Å². The molecule has 3 aromatic rings. The number of anilines is 1. The molecule has 1 N–H and O–H groups in total. The lowest BCUT2D eigenvalue weighted by Gasteiger charge is -2.35. The number of nitrogens with zero attached hydrogens (tertiary/aromatic N) is 3. The summed E-state index contributed by atoms with van der Waals surface area (Å²) in [5.41, 5.74) is 5.62. The second-order valence-electron chi connectivity index (χ2n) is 11.4. The molecule has 2 bridgehead atoms. The molecule has 2 heterocycles. The van der Waals surface area contributed by atoms with E-state index in [4.69, 9.17) is 14.5 Å². The van der Waals surface area contributed by atoms with Gasteiger partial charge in [-0.15, -0.1) is 11.3 Å². The first-order chi connectivity index (χ1) is 19.7. The molecule has 41 heavy (non-hydrogen) atoms. The molecule has 5 rings (SSSR count). The molecule has 1 saturated carbocycles. The molecule has 2 unspecified atom stereocenters. The zero-order valence-electron chi connectivity index (χ0n) is 24.3. The monoisotopic (exact) mass is 577 g/mol. The van der Waals surface area contributed by atoms with Crippen LogP contribution in [0.4, 0.5) is 5.13 Å². The molecule has 2 aliphatic rings. The predicted molar refractivity (Wildman–Crippen MR) is 161 cm³/mol. The van der Waals surface area contributed by atoms with E-state index < -0.39 is 5.97 Å². The number of carbonyl (C=O) groups is 2. The van der Waals surface area contributed by atoms with Crippen molar-refractivity contribution in [3.63, 3.8) is 0 Å². The summed E-state index contributed by atoms with van der Waals surface area (Å²) in [6.45, 7) is 7.21. The van der Waals surface area contributed by atoms with Crippen molar-refractivity contribution >= 4 is 28.3 Å². The van der Waals surface area contributed by atoms with Gasteiger partial charge >= 0.3 is 5.97 Å². The first kappa shape index (κ1) is 29.1. The van der Waals surface area contributed by atoms with Gasteiger partial charge in [-0.2, -0.15) is 0 Å². The highest BCUT2D eigenvalue weighted by molar-refractivity contribution is 7.14. The fraction of sp³-hybridized carbons (Fsp3) is 0.469. The molecule has 1 aliphatic heterocycles. The van der Waals surface area contributed by atoms with Gasteiger partial charge in [-0.25, -0.2) is 4.98 Å². The van der Waals surface area contributed by atoms with Gasteiger partial charge in [0.2, 0.25) is 0 Å². The second kappa shape index (κ2) is 12.6. The Labute approximate surface area is 245 Å². The third-order valence-corrected chi connectivity index (χ3v) is 9.36. The number of aromatic nitrogens is 1. The highest BCUT2D eigenvalue weighted by Gasteiger charge is 2.46. The molecular weight excluding hydrogens is 538 g/mol. The van der Waals surface area contributed by atoms with Gasteiger partial charge in [0.25, 0.3) is 5.91 Å². The maximum Gasteiger partial charge on any atom is 0.307 e. The number of hydrogen-bond acceptors (Lipinski definition) is 7. The SMILES string of the molecule is COCCCN(C)C(=O)c1ccc(COc2ccc(C)cc2-c2csc(N3CC4CC[C@@H](C3)C4C(=O)O)n2)c(C)c1. The molecule has 0 radical (unpaired) electrons. The molecule has 0 spiro atoms. The minimum absolute atomic E-state index is 0.00276. The third-order valence-electron chi connectivity index (χ3n) is 8.45. The van der Waals surface area contributed by atoms with E-state index in [1.54, 1.807) is 23.3 Å². The number of rotatable bonds is 11. The molecule has 3 atom stereocenters. The number of ether oxygens (including phenoxy) is 2. The maximum atomic E-state index is 12.8. The third kappa shape index (κ3) is 6.41. The zero-order valence-corrected chi connectivity index (χ0v) is 25.1. The maximum absolute atomic E-state index is 12.8. The Bertz CT molecular complexity index is 1390.